The van der Waals surface area contributed by atoms with Crippen molar-refractivity contribution in [2.75, 3.05) is 20.0 Å². The quantitative estimate of drug-likeness (QED) is 0.0481. The predicted octanol–water partition coefficient (Wildman–Crippen LogP) is -2.93. The molecular weight excluding hydrogens is 684 g/mol. The van der Waals surface area contributed by atoms with E-state index in [1.165, 1.54) is 0 Å². The van der Waals surface area contributed by atoms with Crippen LogP contribution >= 0.6 is 15.6 Å². The van der Waals surface area contributed by atoms with Crippen LogP contribution in [0.2, 0.25) is 0 Å². The van der Waals surface area contributed by atoms with Gasteiger partial charge in [-0.05, 0) is 6.42 Å². The third kappa shape index (κ3) is 10.5. The predicted molar refractivity (Wildman–Crippen MR) is 150 cm³/mol. The standard InChI is InChI=1S/C23H37N3O19P2/c1-3-4-5-15(30)39-10-41-47(38,40-9-13-18(32)20(34)21(42-13)26-7-6-14(29)25-23(26)35)45-46(36,37)44-22-16(24-11(2)28)19(33)17(31)12(8-27)43-22/h6-7,12-13,16-22,27,31-34H,3-5,8-10H2,1-2H3,(H,24,28)(H,36,37)(H,25,29,35)/t12-,13+,16-,17-,18+,19-,20+,21+,22-,47?/m1/s1. The van der Waals surface area contributed by atoms with Gasteiger partial charge in [0.1, 0.15) is 42.7 Å². The lowest BCUT2D eigenvalue weighted by atomic mass is 9.97. The molecule has 11 atom stereocenters. The number of aliphatic hydroxyl groups excluding tert-OH is 5. The third-order valence-electron chi connectivity index (χ3n) is 6.72. The Morgan fingerprint density at radius 1 is 1.04 bits per heavy atom. The van der Waals surface area contributed by atoms with Gasteiger partial charge in [-0.2, -0.15) is 4.31 Å². The highest BCUT2D eigenvalue weighted by Gasteiger charge is 2.51. The van der Waals surface area contributed by atoms with Crippen LogP contribution in [0.15, 0.2) is 21.9 Å². The number of esters is 1. The van der Waals surface area contributed by atoms with Crippen LogP contribution in [-0.4, -0.2) is 121 Å². The number of hydrogen-bond donors (Lipinski definition) is 8. The fourth-order valence-corrected chi connectivity index (χ4v) is 6.93. The van der Waals surface area contributed by atoms with Crippen molar-refractivity contribution in [3.8, 4) is 0 Å². The monoisotopic (exact) mass is 721 g/mol. The number of aromatic nitrogens is 2. The number of hydrogen-bond acceptors (Lipinski definition) is 18. The lowest BCUT2D eigenvalue weighted by Gasteiger charge is -2.42. The first-order chi connectivity index (χ1) is 22.0. The summed E-state index contributed by atoms with van der Waals surface area (Å²) in [5.41, 5.74) is -1.78. The summed E-state index contributed by atoms with van der Waals surface area (Å²) in [6, 6.07) is -0.800. The number of nitrogens with one attached hydrogen (secondary N) is 2. The molecule has 2 fully saturated rings. The number of H-pyrrole nitrogens is 1. The van der Waals surface area contributed by atoms with Crippen LogP contribution in [0.5, 0.6) is 0 Å². The van der Waals surface area contributed by atoms with Crippen LogP contribution in [0.4, 0.5) is 0 Å². The fraction of sp³-hybridized carbons (Fsp3) is 0.739. The lowest BCUT2D eigenvalue weighted by molar-refractivity contribution is -0.247. The van der Waals surface area contributed by atoms with Crippen LogP contribution in [0.25, 0.3) is 0 Å². The molecule has 3 rings (SSSR count). The molecule has 3 heterocycles. The molecule has 47 heavy (non-hydrogen) atoms. The molecule has 1 amide bonds. The fourth-order valence-electron chi connectivity index (χ4n) is 4.36. The van der Waals surface area contributed by atoms with Crippen molar-refractivity contribution in [1.29, 1.82) is 0 Å². The Kier molecular flexibility index (Phi) is 14.0. The molecule has 268 valence electrons. The molecule has 2 aliphatic rings. The highest BCUT2D eigenvalue weighted by molar-refractivity contribution is 7.61. The van der Waals surface area contributed by atoms with Crippen LogP contribution < -0.4 is 16.6 Å². The van der Waals surface area contributed by atoms with E-state index in [1.54, 1.807) is 6.92 Å². The molecule has 2 saturated heterocycles. The number of phosphoric acid groups is 2. The number of carbonyl (C=O) groups is 2. The molecule has 24 heteroatoms. The van der Waals surface area contributed by atoms with Crippen LogP contribution in [0.1, 0.15) is 39.3 Å². The Labute approximate surface area is 265 Å². The SMILES string of the molecule is CCCCC(=O)OCOP(=O)(OC[C@@H]1O[C@H](n2ccc(=O)[nH]c2=O)[C@@H](O)[C@H]1O)OP(=O)(O)O[C@H]1O[C@H](CO)[C@@H](O)[C@H](O)[C@H]1NC(C)=O. The zero-order valence-corrected chi connectivity index (χ0v) is 26.7. The summed E-state index contributed by atoms with van der Waals surface area (Å²) in [5.74, 6) is -1.62. The second-order valence-corrected chi connectivity index (χ2v) is 13.5. The molecule has 2 aliphatic heterocycles. The Morgan fingerprint density at radius 3 is 2.34 bits per heavy atom. The summed E-state index contributed by atoms with van der Waals surface area (Å²) in [6.07, 6.45) is -12.3. The summed E-state index contributed by atoms with van der Waals surface area (Å²) in [6.45, 7) is -0.313. The summed E-state index contributed by atoms with van der Waals surface area (Å²) in [5, 5.41) is 53.1. The molecule has 0 aromatic carbocycles. The Balaban J connectivity index is 1.79. The van der Waals surface area contributed by atoms with E-state index in [2.05, 4.69) is 9.63 Å². The van der Waals surface area contributed by atoms with E-state index in [0.717, 1.165) is 23.8 Å². The first-order valence-corrected chi connectivity index (χ1v) is 17.0. The number of amides is 1. The van der Waals surface area contributed by atoms with Gasteiger partial charge >= 0.3 is 27.3 Å². The van der Waals surface area contributed by atoms with Gasteiger partial charge in [-0.15, -0.1) is 0 Å². The number of carbonyl (C=O) groups excluding carboxylic acids is 2. The zero-order valence-electron chi connectivity index (χ0n) is 24.9. The van der Waals surface area contributed by atoms with Gasteiger partial charge in [0.05, 0.1) is 13.2 Å². The number of unbranched alkanes of at least 4 members (excludes halogenated alkanes) is 1. The van der Waals surface area contributed by atoms with Gasteiger partial charge in [-0.25, -0.2) is 18.4 Å². The Morgan fingerprint density at radius 2 is 1.72 bits per heavy atom. The van der Waals surface area contributed by atoms with Crippen LogP contribution in [0.3, 0.4) is 0 Å². The molecule has 0 spiro atoms. The maximum atomic E-state index is 13.5. The first kappa shape index (κ1) is 39.0. The number of aromatic amines is 1. The van der Waals surface area contributed by atoms with E-state index in [9.17, 15) is 58.7 Å². The smallest absolute Gasteiger partial charge is 0.438 e. The van der Waals surface area contributed by atoms with Crippen molar-refractivity contribution in [1.82, 2.24) is 14.9 Å². The van der Waals surface area contributed by atoms with Gasteiger partial charge in [-0.3, -0.25) is 33.0 Å². The van der Waals surface area contributed by atoms with Gasteiger partial charge in [0, 0.05) is 25.6 Å². The van der Waals surface area contributed by atoms with Gasteiger partial charge < -0.3 is 50.0 Å². The van der Waals surface area contributed by atoms with Crippen molar-refractivity contribution < 1.29 is 81.2 Å². The summed E-state index contributed by atoms with van der Waals surface area (Å²) in [7, 11) is -11.1. The Hall–Kier alpha value is -2.40. The number of nitrogens with zero attached hydrogens (tertiary/aromatic N) is 1. The number of rotatable bonds is 16. The van der Waals surface area contributed by atoms with E-state index in [4.69, 9.17) is 27.8 Å². The minimum absolute atomic E-state index is 0.0667. The van der Waals surface area contributed by atoms with Gasteiger partial charge in [0.15, 0.2) is 12.5 Å². The normalized spacial score (nSPS) is 31.9. The van der Waals surface area contributed by atoms with Crippen molar-refractivity contribution in [2.24, 2.45) is 0 Å². The number of aliphatic hydroxyl groups is 5. The van der Waals surface area contributed by atoms with Gasteiger partial charge in [0.2, 0.25) is 12.7 Å². The summed E-state index contributed by atoms with van der Waals surface area (Å²) >= 11 is 0. The summed E-state index contributed by atoms with van der Waals surface area (Å²) in [4.78, 5) is 59.5. The summed E-state index contributed by atoms with van der Waals surface area (Å²) < 4.78 is 62.2. The van der Waals surface area contributed by atoms with Gasteiger partial charge in [-0.1, -0.05) is 13.3 Å². The van der Waals surface area contributed by atoms with E-state index in [0.29, 0.717) is 12.8 Å². The average molecular weight is 721 g/mol. The van der Waals surface area contributed by atoms with E-state index in [-0.39, 0.29) is 6.42 Å². The van der Waals surface area contributed by atoms with Crippen molar-refractivity contribution in [3.05, 3.63) is 33.1 Å². The lowest BCUT2D eigenvalue weighted by Crippen LogP contribution is -2.64. The molecular formula is C23H37N3O19P2. The maximum absolute atomic E-state index is 13.5. The van der Waals surface area contributed by atoms with E-state index >= 15 is 0 Å². The molecule has 0 aliphatic carbocycles. The first-order valence-electron chi connectivity index (χ1n) is 14.0. The second kappa shape index (κ2) is 16.8. The number of phosphoric ester groups is 2. The topological polar surface area (TPSA) is 321 Å². The largest absolute Gasteiger partial charge is 0.486 e. The molecule has 0 radical (unpaired) electrons. The highest BCUT2D eigenvalue weighted by Crippen LogP contribution is 2.64. The molecule has 0 bridgehead atoms. The minimum atomic E-state index is -5.72. The molecule has 2 unspecified atom stereocenters. The van der Waals surface area contributed by atoms with Crippen molar-refractivity contribution >= 4 is 27.5 Å². The van der Waals surface area contributed by atoms with Gasteiger partial charge in [0.25, 0.3) is 5.56 Å². The average Bonchev–Trinajstić information content (AvgIpc) is 3.26. The molecule has 8 N–H and O–H groups in total. The highest BCUT2D eigenvalue weighted by atomic mass is 31.3. The zero-order chi connectivity index (χ0) is 35.1. The minimum Gasteiger partial charge on any atom is -0.438 e. The number of ether oxygens (including phenoxy) is 3. The Bertz CT molecular complexity index is 1440. The third-order valence-corrected chi connectivity index (χ3v) is 9.70. The van der Waals surface area contributed by atoms with Crippen LogP contribution in [-0.2, 0) is 50.8 Å². The maximum Gasteiger partial charge on any atom is 0.486 e. The molecule has 1 aromatic heterocycles. The van der Waals surface area contributed by atoms with E-state index in [1.807, 2.05) is 4.98 Å². The van der Waals surface area contributed by atoms with Crippen molar-refractivity contribution in [2.45, 2.75) is 88.3 Å². The van der Waals surface area contributed by atoms with Crippen molar-refractivity contribution in [3.63, 3.8) is 0 Å². The van der Waals surface area contributed by atoms with E-state index < -0.39 is 114 Å². The molecule has 1 aromatic rings. The molecule has 0 saturated carbocycles. The molecule has 22 nitrogen and oxygen atoms in total. The second-order valence-electron chi connectivity index (χ2n) is 10.3. The van der Waals surface area contributed by atoms with Crippen LogP contribution in [0, 0.1) is 0 Å².